The average Bonchev–Trinajstić information content (AvgIpc) is 3.31. The minimum atomic E-state index is -0.438. The van der Waals surface area contributed by atoms with Crippen molar-refractivity contribution >= 4 is 17.5 Å². The summed E-state index contributed by atoms with van der Waals surface area (Å²) in [5.74, 6) is 0.488. The number of aromatic nitrogens is 4. The van der Waals surface area contributed by atoms with Crippen molar-refractivity contribution in [3.8, 4) is 17.2 Å². The smallest absolute Gasteiger partial charge is 0.352 e. The number of nitrogens with one attached hydrogen (secondary N) is 1. The normalized spacial score (nSPS) is 20.4. The number of morpholine rings is 1. The van der Waals surface area contributed by atoms with Crippen molar-refractivity contribution < 1.29 is 9.53 Å². The number of carbonyl (C=O) groups excluding carboxylic acids is 1. The van der Waals surface area contributed by atoms with Gasteiger partial charge in [-0.2, -0.15) is 4.68 Å². The van der Waals surface area contributed by atoms with Gasteiger partial charge in [0.15, 0.2) is 11.6 Å². The lowest BCUT2D eigenvalue weighted by Crippen LogP contribution is -2.50. The van der Waals surface area contributed by atoms with Gasteiger partial charge in [-0.15, -0.1) is 5.10 Å². The molecule has 3 aromatic rings. The van der Waals surface area contributed by atoms with E-state index in [2.05, 4.69) is 27.2 Å². The molecule has 0 saturated carbocycles. The molecule has 0 radical (unpaired) electrons. The van der Waals surface area contributed by atoms with E-state index in [0.717, 1.165) is 25.2 Å². The fraction of sp³-hybridized carbons (Fsp3) is 0.481. The Morgan fingerprint density at radius 1 is 1.16 bits per heavy atom. The van der Waals surface area contributed by atoms with E-state index in [1.165, 1.54) is 22.1 Å². The highest BCUT2D eigenvalue weighted by molar-refractivity contribution is 6.30. The number of hydrogen-bond donors (Lipinski definition) is 1. The Morgan fingerprint density at radius 3 is 2.57 bits per heavy atom. The molecule has 1 aromatic carbocycles. The second kappa shape index (κ2) is 10.8. The summed E-state index contributed by atoms with van der Waals surface area (Å²) >= 11 is 6.20. The lowest BCUT2D eigenvalue weighted by molar-refractivity contribution is -0.122. The maximum Gasteiger partial charge on any atom is 0.352 e. The first kappa shape index (κ1) is 25.6. The maximum atomic E-state index is 13.4. The lowest BCUT2D eigenvalue weighted by atomic mass is 10.1. The van der Waals surface area contributed by atoms with Crippen LogP contribution in [0.3, 0.4) is 0 Å². The molecule has 0 spiro atoms. The van der Waals surface area contributed by atoms with Crippen LogP contribution in [0.2, 0.25) is 5.02 Å². The summed E-state index contributed by atoms with van der Waals surface area (Å²) in [4.78, 5) is 33.1. The standard InChI is InChI=1S/C27H33ClN6O3/c1-17(2)30-25(35)14-32-26(20-5-4-6-21(28)12-20)31-34(27(32)36)24-10-7-19(13-29-24)11-18(3)33-22-8-9-23(33)16-37-15-22/h4-7,10,12-13,17-18,22-23H,8-9,11,14-16H2,1-3H3,(H,30,35)/t18-,22?,23?/m0/s1. The zero-order chi connectivity index (χ0) is 26.1. The number of pyridine rings is 1. The van der Waals surface area contributed by atoms with Gasteiger partial charge in [-0.1, -0.05) is 29.8 Å². The maximum absolute atomic E-state index is 13.4. The van der Waals surface area contributed by atoms with Crippen LogP contribution in [-0.2, 0) is 22.5 Å². The quantitative estimate of drug-likeness (QED) is 0.487. The number of amides is 1. The number of fused-ring (bicyclic) bond motifs is 2. The molecule has 5 rings (SSSR count). The first-order valence-electron chi connectivity index (χ1n) is 12.9. The first-order chi connectivity index (χ1) is 17.8. The largest absolute Gasteiger partial charge is 0.378 e. The summed E-state index contributed by atoms with van der Waals surface area (Å²) in [6, 6.07) is 12.2. The molecule has 0 aliphatic carbocycles. The van der Waals surface area contributed by atoms with E-state index in [1.54, 1.807) is 18.2 Å². The minimum absolute atomic E-state index is 0.0443. The zero-order valence-electron chi connectivity index (χ0n) is 21.4. The van der Waals surface area contributed by atoms with Crippen molar-refractivity contribution in [1.82, 2.24) is 29.5 Å². The second-order valence-electron chi connectivity index (χ2n) is 10.3. The van der Waals surface area contributed by atoms with E-state index >= 15 is 0 Å². The van der Waals surface area contributed by atoms with Crippen LogP contribution in [0.1, 0.15) is 39.2 Å². The molecule has 37 heavy (non-hydrogen) atoms. The van der Waals surface area contributed by atoms with Gasteiger partial charge in [-0.3, -0.25) is 14.3 Å². The Balaban J connectivity index is 1.40. The van der Waals surface area contributed by atoms with Crippen molar-refractivity contribution in [3.63, 3.8) is 0 Å². The van der Waals surface area contributed by atoms with E-state index in [4.69, 9.17) is 16.3 Å². The van der Waals surface area contributed by atoms with Crippen LogP contribution < -0.4 is 11.0 Å². The van der Waals surface area contributed by atoms with E-state index in [0.29, 0.717) is 40.4 Å². The predicted molar refractivity (Wildman–Crippen MR) is 142 cm³/mol. The van der Waals surface area contributed by atoms with Gasteiger partial charge in [0.2, 0.25) is 5.91 Å². The van der Waals surface area contributed by atoms with Crippen LogP contribution in [-0.4, -0.2) is 67.5 Å². The monoisotopic (exact) mass is 524 g/mol. The van der Waals surface area contributed by atoms with Crippen LogP contribution in [0.25, 0.3) is 17.2 Å². The van der Waals surface area contributed by atoms with E-state index in [9.17, 15) is 9.59 Å². The molecule has 1 amide bonds. The van der Waals surface area contributed by atoms with Gasteiger partial charge in [0.05, 0.1) is 13.2 Å². The molecule has 2 saturated heterocycles. The number of ether oxygens (including phenoxy) is 1. The SMILES string of the molecule is CC(C)NC(=O)Cn1c(-c2cccc(Cl)c2)nn(-c2ccc(C[C@H](C)N3C4CCC3COC4)cn2)c1=O. The molecular formula is C27H33ClN6O3. The summed E-state index contributed by atoms with van der Waals surface area (Å²) in [6.07, 6.45) is 5.07. The van der Waals surface area contributed by atoms with Crippen LogP contribution in [0.15, 0.2) is 47.4 Å². The number of rotatable bonds is 8. The third-order valence-corrected chi connectivity index (χ3v) is 7.29. The first-order valence-corrected chi connectivity index (χ1v) is 13.2. The van der Waals surface area contributed by atoms with Gasteiger partial charge in [-0.25, -0.2) is 9.78 Å². The van der Waals surface area contributed by atoms with Crippen LogP contribution in [0, 0.1) is 0 Å². The van der Waals surface area contributed by atoms with Gasteiger partial charge < -0.3 is 10.1 Å². The highest BCUT2D eigenvalue weighted by atomic mass is 35.5. The molecule has 2 aliphatic rings. The summed E-state index contributed by atoms with van der Waals surface area (Å²) in [5.41, 5.74) is 1.31. The van der Waals surface area contributed by atoms with Crippen molar-refractivity contribution in [3.05, 3.63) is 63.7 Å². The molecule has 3 atom stereocenters. The molecule has 196 valence electrons. The van der Waals surface area contributed by atoms with Crippen molar-refractivity contribution in [1.29, 1.82) is 0 Å². The predicted octanol–water partition coefficient (Wildman–Crippen LogP) is 3.07. The minimum Gasteiger partial charge on any atom is -0.378 e. The van der Waals surface area contributed by atoms with Crippen molar-refractivity contribution in [2.75, 3.05) is 13.2 Å². The summed E-state index contributed by atoms with van der Waals surface area (Å²) in [7, 11) is 0. The summed E-state index contributed by atoms with van der Waals surface area (Å²) in [5, 5.41) is 7.91. The highest BCUT2D eigenvalue weighted by Gasteiger charge is 2.39. The van der Waals surface area contributed by atoms with E-state index < -0.39 is 5.69 Å². The fourth-order valence-electron chi connectivity index (χ4n) is 5.53. The Kier molecular flexibility index (Phi) is 7.46. The van der Waals surface area contributed by atoms with Crippen molar-refractivity contribution in [2.24, 2.45) is 0 Å². The highest BCUT2D eigenvalue weighted by Crippen LogP contribution is 2.31. The zero-order valence-corrected chi connectivity index (χ0v) is 22.2. The number of carbonyl (C=O) groups is 1. The van der Waals surface area contributed by atoms with E-state index in [-0.39, 0.29) is 18.5 Å². The van der Waals surface area contributed by atoms with Gasteiger partial charge in [0.1, 0.15) is 6.54 Å². The molecule has 2 aliphatic heterocycles. The summed E-state index contributed by atoms with van der Waals surface area (Å²) < 4.78 is 8.33. The molecule has 9 nitrogen and oxygen atoms in total. The Hall–Kier alpha value is -3.01. The molecular weight excluding hydrogens is 492 g/mol. The number of benzene rings is 1. The topological polar surface area (TPSA) is 94.3 Å². The van der Waals surface area contributed by atoms with Crippen LogP contribution in [0.5, 0.6) is 0 Å². The number of nitrogens with zero attached hydrogens (tertiary/aromatic N) is 5. The molecule has 2 fully saturated rings. The van der Waals surface area contributed by atoms with E-state index in [1.807, 2.05) is 38.2 Å². The van der Waals surface area contributed by atoms with Crippen LogP contribution >= 0.6 is 11.6 Å². The number of hydrogen-bond acceptors (Lipinski definition) is 6. The molecule has 2 aromatic heterocycles. The second-order valence-corrected chi connectivity index (χ2v) is 10.7. The Bertz CT molecular complexity index is 1300. The fourth-order valence-corrected chi connectivity index (χ4v) is 5.72. The Morgan fingerprint density at radius 2 is 1.92 bits per heavy atom. The number of halogens is 1. The van der Waals surface area contributed by atoms with Crippen molar-refractivity contribution in [2.45, 2.75) is 70.7 Å². The Labute approximate surface area is 221 Å². The third kappa shape index (κ3) is 5.49. The molecule has 2 unspecified atom stereocenters. The average molecular weight is 525 g/mol. The van der Waals surface area contributed by atoms with Gasteiger partial charge in [-0.05, 0) is 63.8 Å². The molecule has 1 N–H and O–H groups in total. The molecule has 2 bridgehead atoms. The van der Waals surface area contributed by atoms with Gasteiger partial charge >= 0.3 is 5.69 Å². The molecule has 4 heterocycles. The summed E-state index contributed by atoms with van der Waals surface area (Å²) in [6.45, 7) is 7.48. The van der Waals surface area contributed by atoms with Gasteiger partial charge in [0.25, 0.3) is 0 Å². The lowest BCUT2D eigenvalue weighted by Gasteiger charge is -2.39. The van der Waals surface area contributed by atoms with Gasteiger partial charge in [0, 0.05) is 41.0 Å². The molecule has 10 heteroatoms. The van der Waals surface area contributed by atoms with Crippen LogP contribution in [0.4, 0.5) is 0 Å². The third-order valence-electron chi connectivity index (χ3n) is 7.06.